The Morgan fingerprint density at radius 2 is 1.67 bits per heavy atom. The molecule has 2 aromatic heterocycles. The second-order valence-electron chi connectivity index (χ2n) is 8.09. The van der Waals surface area contributed by atoms with E-state index >= 15 is 0 Å². The van der Waals surface area contributed by atoms with Crippen molar-refractivity contribution in [2.75, 3.05) is 7.05 Å². The zero-order valence-corrected chi connectivity index (χ0v) is 18.2. The van der Waals surface area contributed by atoms with Crippen LogP contribution in [0.2, 0.25) is 0 Å². The van der Waals surface area contributed by atoms with Crippen LogP contribution in [-0.2, 0) is 13.1 Å². The molecule has 0 spiro atoms. The molecule has 0 unspecified atom stereocenters. The van der Waals surface area contributed by atoms with Crippen molar-refractivity contribution in [2.45, 2.75) is 40.8 Å². The van der Waals surface area contributed by atoms with Crippen LogP contribution < -0.4 is 5.63 Å². The summed E-state index contributed by atoms with van der Waals surface area (Å²) in [4.78, 5) is 14.3. The molecule has 4 rings (SSSR count). The molecule has 2 heterocycles. The molecule has 2 aromatic carbocycles. The average Bonchev–Trinajstić information content (AvgIpc) is 2.98. The van der Waals surface area contributed by atoms with E-state index < -0.39 is 0 Å². The number of aromatic nitrogens is 2. The molecule has 0 aliphatic carbocycles. The number of hydrogen-bond acceptors (Lipinski definition) is 4. The molecule has 0 amide bonds. The fourth-order valence-electron chi connectivity index (χ4n) is 3.95. The molecule has 0 saturated heterocycles. The Bertz CT molecular complexity index is 1270. The fourth-order valence-corrected chi connectivity index (χ4v) is 3.95. The van der Waals surface area contributed by atoms with Crippen LogP contribution in [0.3, 0.4) is 0 Å². The second-order valence-corrected chi connectivity index (χ2v) is 8.09. The molecule has 0 atom stereocenters. The molecular formula is C25H27N3O2. The summed E-state index contributed by atoms with van der Waals surface area (Å²) in [6, 6.07) is 15.9. The number of rotatable bonds is 5. The summed E-state index contributed by atoms with van der Waals surface area (Å²) in [6.45, 7) is 9.67. The van der Waals surface area contributed by atoms with Gasteiger partial charge in [-0.25, -0.2) is 9.48 Å². The van der Waals surface area contributed by atoms with Crippen molar-refractivity contribution in [1.29, 1.82) is 0 Å². The lowest BCUT2D eigenvalue weighted by molar-refractivity contribution is 0.318. The number of nitrogens with zero attached hydrogens (tertiary/aromatic N) is 3. The van der Waals surface area contributed by atoms with Crippen LogP contribution in [0.5, 0.6) is 0 Å². The zero-order chi connectivity index (χ0) is 21.4. The van der Waals surface area contributed by atoms with Gasteiger partial charge in [-0.2, -0.15) is 5.10 Å². The van der Waals surface area contributed by atoms with E-state index in [4.69, 9.17) is 9.52 Å². The van der Waals surface area contributed by atoms with Crippen LogP contribution in [0.15, 0.2) is 57.7 Å². The SMILES string of the molecule is Cc1cc2oc(=O)cc(CN(C)Cc3c(C)nn(-c4ccccc4)c3C)c2cc1C. The topological polar surface area (TPSA) is 51.3 Å². The summed E-state index contributed by atoms with van der Waals surface area (Å²) in [7, 11) is 2.07. The Kier molecular flexibility index (Phi) is 5.31. The Morgan fingerprint density at radius 1 is 0.967 bits per heavy atom. The highest BCUT2D eigenvalue weighted by Gasteiger charge is 2.16. The standard InChI is InChI=1S/C25H27N3O2/c1-16-11-22-20(13-25(29)30-24(22)12-17(16)2)14-27(5)15-23-18(3)26-28(19(23)4)21-9-7-6-8-10-21/h6-13H,14-15H2,1-5H3. The molecule has 0 bridgehead atoms. The van der Waals surface area contributed by atoms with Gasteiger partial charge in [0.1, 0.15) is 5.58 Å². The fraction of sp³-hybridized carbons (Fsp3) is 0.280. The van der Waals surface area contributed by atoms with Gasteiger partial charge in [-0.1, -0.05) is 18.2 Å². The van der Waals surface area contributed by atoms with Crippen molar-refractivity contribution in [3.63, 3.8) is 0 Å². The molecule has 4 aromatic rings. The number of para-hydroxylation sites is 1. The lowest BCUT2D eigenvalue weighted by Crippen LogP contribution is -2.19. The van der Waals surface area contributed by atoms with E-state index in [-0.39, 0.29) is 5.63 Å². The minimum absolute atomic E-state index is 0.307. The normalized spacial score (nSPS) is 11.5. The van der Waals surface area contributed by atoms with Crippen LogP contribution in [0, 0.1) is 27.7 Å². The summed E-state index contributed by atoms with van der Waals surface area (Å²) >= 11 is 0. The van der Waals surface area contributed by atoms with Gasteiger partial charge < -0.3 is 4.42 Å². The molecule has 154 valence electrons. The number of fused-ring (bicyclic) bond motifs is 1. The summed E-state index contributed by atoms with van der Waals surface area (Å²) in [5.74, 6) is 0. The van der Waals surface area contributed by atoms with Crippen LogP contribution in [-0.4, -0.2) is 21.7 Å². The molecule has 0 N–H and O–H groups in total. The van der Waals surface area contributed by atoms with Gasteiger partial charge in [0.05, 0.1) is 11.4 Å². The largest absolute Gasteiger partial charge is 0.423 e. The van der Waals surface area contributed by atoms with Crippen LogP contribution >= 0.6 is 0 Å². The highest BCUT2D eigenvalue weighted by atomic mass is 16.4. The minimum atomic E-state index is -0.307. The first-order chi connectivity index (χ1) is 14.3. The Morgan fingerprint density at radius 3 is 2.40 bits per heavy atom. The van der Waals surface area contributed by atoms with Crippen molar-refractivity contribution in [1.82, 2.24) is 14.7 Å². The third-order valence-corrected chi connectivity index (χ3v) is 5.75. The monoisotopic (exact) mass is 401 g/mol. The average molecular weight is 402 g/mol. The predicted molar refractivity (Wildman–Crippen MR) is 120 cm³/mol. The highest BCUT2D eigenvalue weighted by Crippen LogP contribution is 2.24. The number of benzene rings is 2. The van der Waals surface area contributed by atoms with Crippen molar-refractivity contribution in [2.24, 2.45) is 0 Å². The molecule has 0 saturated carbocycles. The zero-order valence-electron chi connectivity index (χ0n) is 18.2. The Labute approximate surface area is 176 Å². The third kappa shape index (κ3) is 3.81. The number of hydrogen-bond donors (Lipinski definition) is 0. The van der Waals surface area contributed by atoms with Gasteiger partial charge in [-0.15, -0.1) is 0 Å². The Hall–Kier alpha value is -3.18. The summed E-state index contributed by atoms with van der Waals surface area (Å²) in [5, 5.41) is 5.75. The lowest BCUT2D eigenvalue weighted by atomic mass is 10.0. The summed E-state index contributed by atoms with van der Waals surface area (Å²) in [5.41, 5.74) is 8.06. The van der Waals surface area contributed by atoms with Crippen molar-refractivity contribution in [3.05, 3.63) is 92.6 Å². The first-order valence-corrected chi connectivity index (χ1v) is 10.2. The van der Waals surface area contributed by atoms with E-state index in [1.807, 2.05) is 42.8 Å². The third-order valence-electron chi connectivity index (χ3n) is 5.75. The van der Waals surface area contributed by atoms with E-state index in [1.165, 1.54) is 11.1 Å². The first-order valence-electron chi connectivity index (χ1n) is 10.2. The molecule has 5 heteroatoms. The summed E-state index contributed by atoms with van der Waals surface area (Å²) in [6.07, 6.45) is 0. The van der Waals surface area contributed by atoms with Gasteiger partial charge in [0.2, 0.25) is 0 Å². The van der Waals surface area contributed by atoms with Crippen molar-refractivity contribution >= 4 is 11.0 Å². The van der Waals surface area contributed by atoms with Crippen LogP contribution in [0.25, 0.3) is 16.7 Å². The van der Waals surface area contributed by atoms with E-state index in [0.717, 1.165) is 40.1 Å². The summed E-state index contributed by atoms with van der Waals surface area (Å²) < 4.78 is 7.44. The van der Waals surface area contributed by atoms with Gasteiger partial charge in [-0.05, 0) is 75.7 Å². The molecule has 0 aliphatic heterocycles. The first kappa shape index (κ1) is 20.1. The van der Waals surface area contributed by atoms with E-state index in [9.17, 15) is 4.79 Å². The minimum Gasteiger partial charge on any atom is -0.423 e. The molecular weight excluding hydrogens is 374 g/mol. The van der Waals surface area contributed by atoms with Gasteiger partial charge >= 0.3 is 5.63 Å². The highest BCUT2D eigenvalue weighted by molar-refractivity contribution is 5.81. The Balaban J connectivity index is 1.64. The second kappa shape index (κ2) is 7.92. The van der Waals surface area contributed by atoms with Gasteiger partial charge in [0, 0.05) is 35.8 Å². The maximum Gasteiger partial charge on any atom is 0.336 e. The van der Waals surface area contributed by atoms with Crippen molar-refractivity contribution in [3.8, 4) is 5.69 Å². The van der Waals surface area contributed by atoms with Crippen LogP contribution in [0.4, 0.5) is 0 Å². The molecule has 5 nitrogen and oxygen atoms in total. The molecule has 30 heavy (non-hydrogen) atoms. The predicted octanol–water partition coefficient (Wildman–Crippen LogP) is 4.84. The maximum atomic E-state index is 12.1. The smallest absolute Gasteiger partial charge is 0.336 e. The van der Waals surface area contributed by atoms with Gasteiger partial charge in [-0.3, -0.25) is 4.90 Å². The van der Waals surface area contributed by atoms with E-state index in [2.05, 4.69) is 44.0 Å². The van der Waals surface area contributed by atoms with E-state index in [1.54, 1.807) is 6.07 Å². The molecule has 0 aliphatic rings. The van der Waals surface area contributed by atoms with Gasteiger partial charge in [0.25, 0.3) is 0 Å². The lowest BCUT2D eigenvalue weighted by Gasteiger charge is -2.18. The molecule has 0 fully saturated rings. The van der Waals surface area contributed by atoms with Gasteiger partial charge in [0.15, 0.2) is 0 Å². The molecule has 0 radical (unpaired) electrons. The number of aryl methyl sites for hydroxylation is 3. The quantitative estimate of drug-likeness (QED) is 0.449. The van der Waals surface area contributed by atoms with Crippen molar-refractivity contribution < 1.29 is 4.42 Å². The van der Waals surface area contributed by atoms with Crippen LogP contribution in [0.1, 0.15) is 33.6 Å². The van der Waals surface area contributed by atoms with E-state index in [0.29, 0.717) is 12.1 Å². The maximum absolute atomic E-state index is 12.1.